The van der Waals surface area contributed by atoms with Crippen molar-refractivity contribution in [3.8, 4) is 0 Å². The molecule has 0 radical (unpaired) electrons. The molecule has 1 aromatic rings. The van der Waals surface area contributed by atoms with Crippen molar-refractivity contribution >= 4 is 5.78 Å². The molecule has 2 saturated heterocycles. The molecule has 1 aromatic carbocycles. The number of alkyl halides is 5. The fraction of sp³-hybridized carbons (Fsp3) is 0.703. The molecule has 6 aliphatic rings. The lowest BCUT2D eigenvalue weighted by Crippen LogP contribution is -2.65. The van der Waals surface area contributed by atoms with Crippen LogP contribution in [0.5, 0.6) is 0 Å². The van der Waals surface area contributed by atoms with E-state index in [1.807, 2.05) is 12.1 Å². The van der Waals surface area contributed by atoms with Crippen molar-refractivity contribution in [2.45, 2.75) is 94.9 Å². The second-order valence-corrected chi connectivity index (χ2v) is 15.4. The van der Waals surface area contributed by atoms with Gasteiger partial charge in [-0.25, -0.2) is 0 Å². The van der Waals surface area contributed by atoms with E-state index in [0.29, 0.717) is 25.7 Å². The van der Waals surface area contributed by atoms with Crippen LogP contribution in [0, 0.1) is 17.3 Å². The maximum absolute atomic E-state index is 15.3. The number of likely N-dealkylation sites (tertiary alicyclic amines) is 1. The van der Waals surface area contributed by atoms with E-state index in [1.165, 1.54) is 32.9 Å². The number of carbonyl (C=O) groups excluding carboxylic acids is 1. The smallest absolute Gasteiger partial charge is 0.383 e. The zero-order valence-corrected chi connectivity index (χ0v) is 27.4. The number of hydrogen-bond donors (Lipinski definition) is 1. The molecule has 5 nitrogen and oxygen atoms in total. The molecular formula is C37H48F5N3O2. The lowest BCUT2D eigenvalue weighted by Gasteiger charge is -2.56. The predicted octanol–water partition coefficient (Wildman–Crippen LogP) is 6.73. The summed E-state index contributed by atoms with van der Waals surface area (Å²) in [6.07, 6.45) is 0.168. The Morgan fingerprint density at radius 3 is 2.15 bits per heavy atom. The Labute approximate surface area is 274 Å². The topological polar surface area (TPSA) is 47.0 Å². The monoisotopic (exact) mass is 661 g/mol. The van der Waals surface area contributed by atoms with Crippen LogP contribution in [0.4, 0.5) is 22.0 Å². The number of ketones is 1. The third kappa shape index (κ3) is 5.73. The van der Waals surface area contributed by atoms with Crippen LogP contribution in [0.15, 0.2) is 47.1 Å². The summed E-state index contributed by atoms with van der Waals surface area (Å²) in [7, 11) is 0. The van der Waals surface area contributed by atoms with Gasteiger partial charge in [0.15, 0.2) is 5.78 Å². The molecule has 4 fully saturated rings. The van der Waals surface area contributed by atoms with Crippen molar-refractivity contribution in [3.05, 3.63) is 58.2 Å². The molecule has 47 heavy (non-hydrogen) atoms. The molecule has 10 heteroatoms. The fourth-order valence-electron chi connectivity index (χ4n) is 10.3. The summed E-state index contributed by atoms with van der Waals surface area (Å²) in [5.41, 5.74) is 0.396. The van der Waals surface area contributed by atoms with E-state index < -0.39 is 41.4 Å². The van der Waals surface area contributed by atoms with E-state index in [2.05, 4.69) is 26.8 Å². The average Bonchev–Trinajstić information content (AvgIpc) is 3.66. The maximum atomic E-state index is 15.3. The minimum atomic E-state index is -5.85. The van der Waals surface area contributed by atoms with Crippen molar-refractivity contribution < 1.29 is 31.9 Å². The normalized spacial score (nSPS) is 34.3. The first kappa shape index (κ1) is 33.4. The number of hydrogen-bond acceptors (Lipinski definition) is 5. The van der Waals surface area contributed by atoms with Gasteiger partial charge in [-0.3, -0.25) is 14.6 Å². The molecule has 258 valence electrons. The van der Waals surface area contributed by atoms with E-state index in [0.717, 1.165) is 73.7 Å². The number of aliphatic hydroxyl groups is 1. The van der Waals surface area contributed by atoms with E-state index in [-0.39, 0.29) is 24.5 Å². The summed E-state index contributed by atoms with van der Waals surface area (Å²) in [4.78, 5) is 19.9. The van der Waals surface area contributed by atoms with Crippen molar-refractivity contribution in [3.63, 3.8) is 0 Å². The minimum Gasteiger partial charge on any atom is -0.383 e. The highest BCUT2D eigenvalue weighted by Gasteiger charge is 2.79. The predicted molar refractivity (Wildman–Crippen MR) is 170 cm³/mol. The molecule has 0 bridgehead atoms. The van der Waals surface area contributed by atoms with Crippen molar-refractivity contribution in [2.24, 2.45) is 17.3 Å². The SMILES string of the molecule is C[C@]12C[C@H](c3ccc(CN4CCN(CCN5CCCC5)CC4)cc3)C3=C4CCC(=O)C=C4CC[C@H]3[C@@H]1CC[C@@]2(O)C(F)(F)C(F)(F)F. The lowest BCUT2D eigenvalue weighted by atomic mass is 9.50. The summed E-state index contributed by atoms with van der Waals surface area (Å²) in [5.74, 6) is -6.25. The van der Waals surface area contributed by atoms with Gasteiger partial charge in [0.2, 0.25) is 0 Å². The zero-order chi connectivity index (χ0) is 33.2. The van der Waals surface area contributed by atoms with Gasteiger partial charge in [0.05, 0.1) is 0 Å². The van der Waals surface area contributed by atoms with Crippen molar-refractivity contribution in [1.29, 1.82) is 0 Å². The minimum absolute atomic E-state index is 0.00906. The Kier molecular flexibility index (Phi) is 8.75. The van der Waals surface area contributed by atoms with Crippen LogP contribution in [0.25, 0.3) is 0 Å². The van der Waals surface area contributed by atoms with Gasteiger partial charge in [0, 0.05) is 63.6 Å². The number of rotatable bonds is 7. The quantitative estimate of drug-likeness (QED) is 0.329. The van der Waals surface area contributed by atoms with Crippen LogP contribution in [0.3, 0.4) is 0 Å². The van der Waals surface area contributed by atoms with Gasteiger partial charge >= 0.3 is 12.1 Å². The molecule has 0 unspecified atom stereocenters. The second kappa shape index (κ2) is 12.3. The Morgan fingerprint density at radius 1 is 0.851 bits per heavy atom. The van der Waals surface area contributed by atoms with E-state index in [9.17, 15) is 23.1 Å². The number of piperazine rings is 1. The molecule has 2 aliphatic heterocycles. The molecular weight excluding hydrogens is 613 g/mol. The zero-order valence-electron chi connectivity index (χ0n) is 27.4. The fourth-order valence-corrected chi connectivity index (χ4v) is 10.3. The lowest BCUT2D eigenvalue weighted by molar-refractivity contribution is -0.362. The largest absolute Gasteiger partial charge is 0.456 e. The van der Waals surface area contributed by atoms with Gasteiger partial charge < -0.3 is 10.0 Å². The van der Waals surface area contributed by atoms with Crippen molar-refractivity contribution in [2.75, 3.05) is 52.4 Å². The van der Waals surface area contributed by atoms with E-state index >= 15 is 8.78 Å². The first-order valence-electron chi connectivity index (χ1n) is 17.7. The van der Waals surface area contributed by atoms with Gasteiger partial charge in [-0.1, -0.05) is 36.8 Å². The van der Waals surface area contributed by atoms with Gasteiger partial charge in [0.25, 0.3) is 0 Å². The third-order valence-electron chi connectivity index (χ3n) is 12.9. The van der Waals surface area contributed by atoms with Crippen LogP contribution in [0.1, 0.15) is 81.8 Å². The van der Waals surface area contributed by atoms with Crippen LogP contribution < -0.4 is 0 Å². The third-order valence-corrected chi connectivity index (χ3v) is 12.9. The standard InChI is InChI=1S/C37H48F5N3O2/c1-34-23-31(26-6-4-25(5-7-26)24-45-20-18-44(19-21-45)17-16-43-14-2-3-15-43)33-29-11-9-28(46)22-27(29)8-10-30(33)32(34)12-13-35(34,47)36(38,39)37(40,41)42/h4-7,22,30-32,47H,2-3,8-21,23-24H2,1H3/t30-,31+,32-,34-,35-/m0/s1. The van der Waals surface area contributed by atoms with Crippen molar-refractivity contribution in [1.82, 2.24) is 14.7 Å². The number of fused-ring (bicyclic) bond motifs is 4. The average molecular weight is 662 g/mol. The van der Waals surface area contributed by atoms with E-state index in [4.69, 9.17) is 0 Å². The summed E-state index contributed by atoms with van der Waals surface area (Å²) in [5, 5.41) is 11.5. The number of carbonyl (C=O) groups is 1. The summed E-state index contributed by atoms with van der Waals surface area (Å²) < 4.78 is 72.1. The summed E-state index contributed by atoms with van der Waals surface area (Å²) >= 11 is 0. The van der Waals surface area contributed by atoms with Crippen LogP contribution in [-0.2, 0) is 11.3 Å². The molecule has 7 rings (SSSR count). The highest BCUT2D eigenvalue weighted by molar-refractivity contribution is 5.93. The Bertz CT molecular complexity index is 1410. The molecule has 2 saturated carbocycles. The van der Waals surface area contributed by atoms with Gasteiger partial charge in [-0.05, 0) is 105 Å². The highest BCUT2D eigenvalue weighted by atomic mass is 19.4. The molecule has 5 atom stereocenters. The van der Waals surface area contributed by atoms with Gasteiger partial charge in [-0.2, -0.15) is 22.0 Å². The van der Waals surface area contributed by atoms with E-state index in [1.54, 1.807) is 6.08 Å². The molecule has 0 amide bonds. The molecule has 1 N–H and O–H groups in total. The van der Waals surface area contributed by atoms with Crippen LogP contribution >= 0.6 is 0 Å². The Hall–Kier alpha value is -2.14. The molecule has 0 spiro atoms. The number of halogens is 5. The summed E-state index contributed by atoms with van der Waals surface area (Å²) in [6, 6.07) is 8.17. The Balaban J connectivity index is 1.13. The highest BCUT2D eigenvalue weighted by Crippen LogP contribution is 2.70. The van der Waals surface area contributed by atoms with Crippen LogP contribution in [0.2, 0.25) is 0 Å². The number of allylic oxidation sites excluding steroid dienone is 4. The number of nitrogens with zero attached hydrogens (tertiary/aromatic N) is 3. The first-order valence-corrected chi connectivity index (χ1v) is 17.7. The van der Waals surface area contributed by atoms with Crippen LogP contribution in [-0.4, -0.2) is 95.6 Å². The maximum Gasteiger partial charge on any atom is 0.456 e. The van der Waals surface area contributed by atoms with Gasteiger partial charge in [-0.15, -0.1) is 0 Å². The molecule has 2 heterocycles. The number of benzene rings is 1. The second-order valence-electron chi connectivity index (χ2n) is 15.4. The summed E-state index contributed by atoms with van der Waals surface area (Å²) in [6.45, 7) is 11.0. The Morgan fingerprint density at radius 2 is 1.49 bits per heavy atom. The molecule has 0 aromatic heterocycles. The van der Waals surface area contributed by atoms with Gasteiger partial charge in [0.1, 0.15) is 5.60 Å². The first-order chi connectivity index (χ1) is 22.3. The molecule has 4 aliphatic carbocycles.